The molecule has 7 heteroatoms. The van der Waals surface area contributed by atoms with E-state index in [0.717, 1.165) is 51.8 Å². The van der Waals surface area contributed by atoms with Gasteiger partial charge in [-0.2, -0.15) is 0 Å². The standard InChI is InChI=1S/C50H49FO6/c1-35-26-45(51)44(29-43(35)28-40-22-23-41-24-25-42(41)27-40)50(52)49(56-33-39-20-12-5-13-21-39)48(55-32-38-18-10-4-11-19-38)47(54-31-37-16-8-3-9-17-37)46(57-50)34-53-30-36-14-6-2-7-15-36/h2-23,26-27,29,46-49,52H,24-25,28,30-34H2,1H3/t46-,47-,48+,49-,50?/m1/s1. The summed E-state index contributed by atoms with van der Waals surface area (Å²) >= 11 is 0. The molecule has 1 heterocycles. The summed E-state index contributed by atoms with van der Waals surface area (Å²) in [5.74, 6) is -2.91. The van der Waals surface area contributed by atoms with Crippen molar-refractivity contribution in [1.29, 1.82) is 0 Å². The Morgan fingerprint density at radius 1 is 0.596 bits per heavy atom. The molecule has 0 radical (unpaired) electrons. The van der Waals surface area contributed by atoms with E-state index in [2.05, 4.69) is 18.2 Å². The predicted octanol–water partition coefficient (Wildman–Crippen LogP) is 9.34. The predicted molar refractivity (Wildman–Crippen MR) is 218 cm³/mol. The zero-order valence-corrected chi connectivity index (χ0v) is 32.3. The highest BCUT2D eigenvalue weighted by Gasteiger charge is 2.58. The van der Waals surface area contributed by atoms with E-state index in [4.69, 9.17) is 23.7 Å². The largest absolute Gasteiger partial charge is 0.374 e. The summed E-state index contributed by atoms with van der Waals surface area (Å²) in [4.78, 5) is 0. The summed E-state index contributed by atoms with van der Waals surface area (Å²) in [5.41, 5.74) is 9.25. The van der Waals surface area contributed by atoms with Crippen LogP contribution in [0.15, 0.2) is 152 Å². The molecule has 1 aliphatic carbocycles. The molecule has 6 aromatic carbocycles. The first kappa shape index (κ1) is 38.9. The molecule has 1 saturated heterocycles. The van der Waals surface area contributed by atoms with Crippen molar-refractivity contribution in [2.24, 2.45) is 0 Å². The van der Waals surface area contributed by atoms with Gasteiger partial charge in [-0.1, -0.05) is 140 Å². The number of hydrogen-bond donors (Lipinski definition) is 1. The zero-order chi connectivity index (χ0) is 39.0. The maximum Gasteiger partial charge on any atom is 0.225 e. The van der Waals surface area contributed by atoms with E-state index < -0.39 is 36.0 Å². The highest BCUT2D eigenvalue weighted by Crippen LogP contribution is 2.43. The third-order valence-electron chi connectivity index (χ3n) is 11.1. The zero-order valence-electron chi connectivity index (χ0n) is 32.3. The van der Waals surface area contributed by atoms with Crippen molar-refractivity contribution in [3.8, 4) is 0 Å². The summed E-state index contributed by atoms with van der Waals surface area (Å²) in [6.45, 7) is 2.77. The van der Waals surface area contributed by atoms with Gasteiger partial charge >= 0.3 is 0 Å². The topological polar surface area (TPSA) is 66.4 Å². The molecule has 0 spiro atoms. The smallest absolute Gasteiger partial charge is 0.225 e. The summed E-state index contributed by atoms with van der Waals surface area (Å²) in [7, 11) is 0. The number of rotatable bonds is 16. The van der Waals surface area contributed by atoms with E-state index in [9.17, 15) is 5.11 Å². The number of benzene rings is 6. The van der Waals surface area contributed by atoms with Crippen molar-refractivity contribution < 1.29 is 33.2 Å². The Morgan fingerprint density at radius 2 is 1.12 bits per heavy atom. The van der Waals surface area contributed by atoms with Crippen molar-refractivity contribution in [3.63, 3.8) is 0 Å². The van der Waals surface area contributed by atoms with Gasteiger partial charge in [0, 0.05) is 5.56 Å². The van der Waals surface area contributed by atoms with Crippen LogP contribution in [-0.2, 0) is 75.2 Å². The van der Waals surface area contributed by atoms with Gasteiger partial charge in [0.2, 0.25) is 5.79 Å². The Hall–Kier alpha value is -4.99. The van der Waals surface area contributed by atoms with Gasteiger partial charge in [-0.25, -0.2) is 4.39 Å². The Labute approximate surface area is 334 Å². The highest BCUT2D eigenvalue weighted by molar-refractivity contribution is 5.43. The van der Waals surface area contributed by atoms with Crippen LogP contribution in [-0.4, -0.2) is 36.1 Å². The molecule has 0 aromatic heterocycles. The van der Waals surface area contributed by atoms with Crippen LogP contribution in [0.1, 0.15) is 55.6 Å². The first-order chi connectivity index (χ1) is 27.9. The monoisotopic (exact) mass is 764 g/mol. The van der Waals surface area contributed by atoms with E-state index in [1.807, 2.05) is 128 Å². The van der Waals surface area contributed by atoms with E-state index >= 15 is 4.39 Å². The number of ether oxygens (including phenoxy) is 5. The maximum absolute atomic E-state index is 16.7. The van der Waals surface area contributed by atoms with E-state index in [1.165, 1.54) is 17.2 Å². The van der Waals surface area contributed by atoms with E-state index in [1.54, 1.807) is 6.07 Å². The van der Waals surface area contributed by atoms with Crippen LogP contribution in [0.5, 0.6) is 0 Å². The van der Waals surface area contributed by atoms with E-state index in [-0.39, 0.29) is 32.0 Å². The van der Waals surface area contributed by atoms with Crippen molar-refractivity contribution in [2.75, 3.05) is 6.61 Å². The number of hydrogen-bond acceptors (Lipinski definition) is 6. The van der Waals surface area contributed by atoms with Crippen LogP contribution in [0, 0.1) is 12.7 Å². The minimum absolute atomic E-state index is 0.0204. The van der Waals surface area contributed by atoms with Gasteiger partial charge in [0.15, 0.2) is 0 Å². The van der Waals surface area contributed by atoms with Crippen LogP contribution >= 0.6 is 0 Å². The third-order valence-corrected chi connectivity index (χ3v) is 11.1. The molecule has 292 valence electrons. The lowest BCUT2D eigenvalue weighted by molar-refractivity contribution is -0.379. The fraction of sp³-hybridized carbons (Fsp3) is 0.280. The first-order valence-corrected chi connectivity index (χ1v) is 19.8. The van der Waals surface area contributed by atoms with Crippen LogP contribution in [0.3, 0.4) is 0 Å². The molecule has 0 amide bonds. The molecular formula is C50H49FO6. The maximum atomic E-state index is 16.7. The molecule has 0 saturated carbocycles. The Kier molecular flexibility index (Phi) is 12.3. The fourth-order valence-corrected chi connectivity index (χ4v) is 7.83. The average Bonchev–Trinajstić information content (AvgIpc) is 3.22. The average molecular weight is 765 g/mol. The summed E-state index contributed by atoms with van der Waals surface area (Å²) in [5, 5.41) is 13.2. The molecule has 1 fully saturated rings. The lowest BCUT2D eigenvalue weighted by Gasteiger charge is -2.50. The second-order valence-electron chi connectivity index (χ2n) is 15.1. The molecular weight excluding hydrogens is 716 g/mol. The van der Waals surface area contributed by atoms with Crippen LogP contribution in [0.4, 0.5) is 4.39 Å². The summed E-state index contributed by atoms with van der Waals surface area (Å²) in [6.07, 6.45) is -1.11. The molecule has 6 aromatic rings. The lowest BCUT2D eigenvalue weighted by Crippen LogP contribution is -2.66. The molecule has 8 rings (SSSR count). The third kappa shape index (κ3) is 9.26. The van der Waals surface area contributed by atoms with Gasteiger partial charge in [0.25, 0.3) is 0 Å². The Morgan fingerprint density at radius 3 is 1.67 bits per heavy atom. The van der Waals surface area contributed by atoms with Gasteiger partial charge in [-0.15, -0.1) is 0 Å². The number of fused-ring (bicyclic) bond motifs is 1. The summed E-state index contributed by atoms with van der Waals surface area (Å²) < 4.78 is 50.2. The number of halogens is 1. The van der Waals surface area contributed by atoms with E-state index in [0.29, 0.717) is 13.0 Å². The van der Waals surface area contributed by atoms with Gasteiger partial charge in [0.1, 0.15) is 30.2 Å². The molecule has 1 N–H and O–H groups in total. The van der Waals surface area contributed by atoms with Gasteiger partial charge < -0.3 is 28.8 Å². The normalized spacial score (nSPS) is 21.5. The Balaban J connectivity index is 1.20. The van der Waals surface area contributed by atoms with Gasteiger partial charge in [-0.05, 0) is 88.4 Å². The molecule has 57 heavy (non-hydrogen) atoms. The fourth-order valence-electron chi connectivity index (χ4n) is 7.83. The molecule has 0 bridgehead atoms. The van der Waals surface area contributed by atoms with Crippen LogP contribution in [0.2, 0.25) is 0 Å². The lowest BCUT2D eigenvalue weighted by atomic mass is 9.84. The minimum Gasteiger partial charge on any atom is -0.374 e. The second kappa shape index (κ2) is 18.1. The van der Waals surface area contributed by atoms with Crippen molar-refractivity contribution >= 4 is 0 Å². The second-order valence-corrected chi connectivity index (χ2v) is 15.1. The quantitative estimate of drug-likeness (QED) is 0.106. The SMILES string of the molecule is Cc1cc(F)c(C2(O)O[C@H](COCc3ccccc3)[C@@H](OCc3ccccc3)[C@H](OCc3ccccc3)[C@H]2OCc2ccccc2)cc1Cc1ccc2c(c1)CC2. The summed E-state index contributed by atoms with van der Waals surface area (Å²) in [6, 6.07) is 49.0. The molecule has 1 aliphatic heterocycles. The molecule has 2 aliphatic rings. The number of aliphatic hydroxyl groups is 1. The van der Waals surface area contributed by atoms with Crippen molar-refractivity contribution in [1.82, 2.24) is 0 Å². The molecule has 1 unspecified atom stereocenters. The minimum atomic E-state index is -2.31. The molecule has 5 atom stereocenters. The van der Waals surface area contributed by atoms with Gasteiger partial charge in [-0.3, -0.25) is 0 Å². The van der Waals surface area contributed by atoms with Crippen molar-refractivity contribution in [3.05, 3.63) is 213 Å². The van der Waals surface area contributed by atoms with Crippen molar-refractivity contribution in [2.45, 2.75) is 82.8 Å². The Bertz CT molecular complexity index is 2200. The highest BCUT2D eigenvalue weighted by atomic mass is 19.1. The van der Waals surface area contributed by atoms with Crippen LogP contribution in [0.25, 0.3) is 0 Å². The molecule has 6 nitrogen and oxygen atoms in total. The number of aryl methyl sites for hydroxylation is 3. The van der Waals surface area contributed by atoms with Gasteiger partial charge in [0.05, 0.1) is 33.0 Å². The first-order valence-electron chi connectivity index (χ1n) is 19.8. The van der Waals surface area contributed by atoms with Crippen LogP contribution < -0.4 is 0 Å².